The molecule has 2 rings (SSSR count). The van der Waals surface area contributed by atoms with Gasteiger partial charge in [0.2, 0.25) is 5.91 Å². The van der Waals surface area contributed by atoms with Gasteiger partial charge in [0, 0.05) is 31.7 Å². The minimum atomic E-state index is 0.130. The number of aryl methyl sites for hydroxylation is 1. The van der Waals surface area contributed by atoms with E-state index in [0.717, 1.165) is 30.9 Å². The normalized spacial score (nSPS) is 18.8. The Morgan fingerprint density at radius 2 is 2.18 bits per heavy atom. The molecule has 0 bridgehead atoms. The van der Waals surface area contributed by atoms with Crippen molar-refractivity contribution in [2.24, 2.45) is 11.8 Å². The number of benzene rings is 1. The zero-order valence-electron chi connectivity index (χ0n) is 13.8. The fourth-order valence-electron chi connectivity index (χ4n) is 3.12. The number of hydrogen-bond donors (Lipinski definition) is 2. The lowest BCUT2D eigenvalue weighted by Gasteiger charge is -2.18. The Labute approximate surface area is 134 Å². The number of rotatable bonds is 7. The lowest BCUT2D eigenvalue weighted by Crippen LogP contribution is -2.32. The number of nitrogens with one attached hydrogen (secondary N) is 1. The van der Waals surface area contributed by atoms with Gasteiger partial charge < -0.3 is 16.0 Å². The molecule has 1 aromatic rings. The molecule has 4 nitrogen and oxygen atoms in total. The Kier molecular flexibility index (Phi) is 6.25. The number of nitrogens with two attached hydrogens (primary N) is 1. The molecule has 3 N–H and O–H groups in total. The van der Waals surface area contributed by atoms with E-state index in [4.69, 9.17) is 5.73 Å². The zero-order chi connectivity index (χ0) is 15.9. The van der Waals surface area contributed by atoms with Gasteiger partial charge in [0.1, 0.15) is 0 Å². The highest BCUT2D eigenvalue weighted by Gasteiger charge is 2.22. The van der Waals surface area contributed by atoms with Crippen molar-refractivity contribution in [1.29, 1.82) is 0 Å². The first kappa shape index (κ1) is 16.8. The summed E-state index contributed by atoms with van der Waals surface area (Å²) in [7, 11) is 0. The second kappa shape index (κ2) is 8.18. The van der Waals surface area contributed by atoms with E-state index in [9.17, 15) is 4.79 Å². The summed E-state index contributed by atoms with van der Waals surface area (Å²) < 4.78 is 0. The van der Waals surface area contributed by atoms with Crippen molar-refractivity contribution in [3.63, 3.8) is 0 Å². The van der Waals surface area contributed by atoms with Crippen molar-refractivity contribution in [3.05, 3.63) is 29.8 Å². The number of carbonyl (C=O) groups is 1. The van der Waals surface area contributed by atoms with E-state index in [2.05, 4.69) is 24.1 Å². The van der Waals surface area contributed by atoms with Crippen LogP contribution in [0.3, 0.4) is 0 Å². The van der Waals surface area contributed by atoms with Crippen LogP contribution in [0.15, 0.2) is 24.3 Å². The Bertz CT molecular complexity index is 487. The van der Waals surface area contributed by atoms with Crippen LogP contribution in [-0.2, 0) is 11.2 Å². The van der Waals surface area contributed by atoms with Gasteiger partial charge in [-0.15, -0.1) is 0 Å². The second-order valence-electron chi connectivity index (χ2n) is 6.81. The average molecular weight is 303 g/mol. The van der Waals surface area contributed by atoms with Crippen LogP contribution < -0.4 is 11.1 Å². The van der Waals surface area contributed by atoms with Gasteiger partial charge >= 0.3 is 0 Å². The van der Waals surface area contributed by atoms with E-state index in [1.54, 1.807) is 0 Å². The Hall–Kier alpha value is -1.55. The van der Waals surface area contributed by atoms with Crippen LogP contribution in [0.4, 0.5) is 5.69 Å². The number of carbonyl (C=O) groups excluding carboxylic acids is 1. The van der Waals surface area contributed by atoms with E-state index < -0.39 is 0 Å². The van der Waals surface area contributed by atoms with Crippen molar-refractivity contribution in [1.82, 2.24) is 10.2 Å². The van der Waals surface area contributed by atoms with Crippen LogP contribution in [0.2, 0.25) is 0 Å². The molecule has 1 fully saturated rings. The third-order valence-corrected chi connectivity index (χ3v) is 4.26. The molecule has 1 atom stereocenters. The summed E-state index contributed by atoms with van der Waals surface area (Å²) >= 11 is 0. The highest BCUT2D eigenvalue weighted by molar-refractivity contribution is 5.76. The zero-order valence-corrected chi connectivity index (χ0v) is 13.8. The number of para-hydroxylation sites is 1. The number of anilines is 1. The summed E-state index contributed by atoms with van der Waals surface area (Å²) in [6.07, 6.45) is 2.41. The van der Waals surface area contributed by atoms with Gasteiger partial charge in [-0.05, 0) is 42.9 Å². The molecular formula is C18H29N3O. The van der Waals surface area contributed by atoms with E-state index in [0.29, 0.717) is 24.7 Å². The summed E-state index contributed by atoms with van der Waals surface area (Å²) in [4.78, 5) is 14.5. The second-order valence-corrected chi connectivity index (χ2v) is 6.81. The molecule has 0 spiro atoms. The van der Waals surface area contributed by atoms with Crippen LogP contribution in [0.5, 0.6) is 0 Å². The molecule has 1 unspecified atom stereocenters. The molecule has 1 saturated heterocycles. The third-order valence-electron chi connectivity index (χ3n) is 4.26. The topological polar surface area (TPSA) is 58.4 Å². The average Bonchev–Trinajstić information content (AvgIpc) is 2.91. The molecule has 0 aliphatic carbocycles. The molecule has 122 valence electrons. The summed E-state index contributed by atoms with van der Waals surface area (Å²) in [6.45, 7) is 8.76. The van der Waals surface area contributed by atoms with Crippen molar-refractivity contribution < 1.29 is 4.79 Å². The monoisotopic (exact) mass is 303 g/mol. The van der Waals surface area contributed by atoms with E-state index in [1.165, 1.54) is 13.0 Å². The number of amides is 1. The minimum absolute atomic E-state index is 0.130. The Morgan fingerprint density at radius 3 is 2.91 bits per heavy atom. The van der Waals surface area contributed by atoms with Gasteiger partial charge in [-0.2, -0.15) is 0 Å². The molecule has 0 aromatic heterocycles. The summed E-state index contributed by atoms with van der Waals surface area (Å²) in [5, 5.41) is 3.08. The van der Waals surface area contributed by atoms with E-state index in [1.807, 2.05) is 24.3 Å². The maximum Gasteiger partial charge on any atom is 0.220 e. The molecule has 1 amide bonds. The van der Waals surface area contributed by atoms with Crippen LogP contribution >= 0.6 is 0 Å². The lowest BCUT2D eigenvalue weighted by molar-refractivity contribution is -0.121. The first-order valence-corrected chi connectivity index (χ1v) is 8.37. The SMILES string of the molecule is CC(C)CN1CCC(CNC(=O)CCc2ccccc2N)C1. The molecule has 1 aromatic carbocycles. The predicted molar refractivity (Wildman–Crippen MR) is 91.6 cm³/mol. The van der Waals surface area contributed by atoms with Gasteiger partial charge in [0.05, 0.1) is 0 Å². The maximum absolute atomic E-state index is 12.0. The van der Waals surface area contributed by atoms with Gasteiger partial charge in [0.25, 0.3) is 0 Å². The molecule has 0 radical (unpaired) electrons. The fourth-order valence-corrected chi connectivity index (χ4v) is 3.12. The standard InChI is InChI=1S/C18H29N3O/c1-14(2)12-21-10-9-15(13-21)11-20-18(22)8-7-16-5-3-4-6-17(16)19/h3-6,14-15H,7-13,19H2,1-2H3,(H,20,22). The minimum Gasteiger partial charge on any atom is -0.399 e. The van der Waals surface area contributed by atoms with Gasteiger partial charge in [-0.3, -0.25) is 4.79 Å². The maximum atomic E-state index is 12.0. The number of hydrogen-bond acceptors (Lipinski definition) is 3. The van der Waals surface area contributed by atoms with Gasteiger partial charge in [-0.25, -0.2) is 0 Å². The Morgan fingerprint density at radius 1 is 1.41 bits per heavy atom. The van der Waals surface area contributed by atoms with Crippen molar-refractivity contribution in [2.45, 2.75) is 33.1 Å². The van der Waals surface area contributed by atoms with Crippen LogP contribution in [-0.4, -0.2) is 37.0 Å². The van der Waals surface area contributed by atoms with Crippen LogP contribution in [0, 0.1) is 11.8 Å². The Balaban J connectivity index is 1.65. The van der Waals surface area contributed by atoms with Crippen molar-refractivity contribution >= 4 is 11.6 Å². The number of likely N-dealkylation sites (tertiary alicyclic amines) is 1. The summed E-state index contributed by atoms with van der Waals surface area (Å²) in [5.41, 5.74) is 7.73. The van der Waals surface area contributed by atoms with Gasteiger partial charge in [-0.1, -0.05) is 32.0 Å². The lowest BCUT2D eigenvalue weighted by atomic mass is 10.1. The van der Waals surface area contributed by atoms with Crippen molar-refractivity contribution in [2.75, 3.05) is 31.9 Å². The highest BCUT2D eigenvalue weighted by atomic mass is 16.1. The summed E-state index contributed by atoms with van der Waals surface area (Å²) in [5.74, 6) is 1.44. The largest absolute Gasteiger partial charge is 0.399 e. The molecule has 4 heteroatoms. The molecule has 22 heavy (non-hydrogen) atoms. The number of nitrogen functional groups attached to an aromatic ring is 1. The van der Waals surface area contributed by atoms with E-state index in [-0.39, 0.29) is 5.91 Å². The van der Waals surface area contributed by atoms with Crippen LogP contribution in [0.1, 0.15) is 32.3 Å². The number of nitrogens with zero attached hydrogens (tertiary/aromatic N) is 1. The molecule has 1 heterocycles. The van der Waals surface area contributed by atoms with Crippen molar-refractivity contribution in [3.8, 4) is 0 Å². The smallest absolute Gasteiger partial charge is 0.220 e. The third kappa shape index (κ3) is 5.34. The van der Waals surface area contributed by atoms with Crippen LogP contribution in [0.25, 0.3) is 0 Å². The predicted octanol–water partition coefficient (Wildman–Crippen LogP) is 2.30. The summed E-state index contributed by atoms with van der Waals surface area (Å²) in [6, 6.07) is 7.76. The van der Waals surface area contributed by atoms with E-state index >= 15 is 0 Å². The fraction of sp³-hybridized carbons (Fsp3) is 0.611. The molecular weight excluding hydrogens is 274 g/mol. The molecule has 1 aliphatic heterocycles. The quantitative estimate of drug-likeness (QED) is 0.760. The highest BCUT2D eigenvalue weighted by Crippen LogP contribution is 2.17. The molecule has 1 aliphatic rings. The first-order valence-electron chi connectivity index (χ1n) is 8.37. The van der Waals surface area contributed by atoms with Gasteiger partial charge in [0.15, 0.2) is 0 Å². The first-order chi connectivity index (χ1) is 10.5. The molecule has 0 saturated carbocycles.